The molecule has 6 heteroatoms. The maximum atomic E-state index is 13.4. The fourth-order valence-corrected chi connectivity index (χ4v) is 5.23. The van der Waals surface area contributed by atoms with Gasteiger partial charge in [-0.15, -0.1) is 0 Å². The maximum absolute atomic E-state index is 13.4. The predicted octanol–water partition coefficient (Wildman–Crippen LogP) is 5.40. The van der Waals surface area contributed by atoms with E-state index in [-0.39, 0.29) is 0 Å². The first-order chi connectivity index (χ1) is 14.4. The van der Waals surface area contributed by atoms with Crippen molar-refractivity contribution < 1.29 is 13.2 Å². The van der Waals surface area contributed by atoms with Crippen LogP contribution in [0.5, 0.6) is 11.5 Å². The topological polar surface area (TPSA) is 72.1 Å². The van der Waals surface area contributed by atoms with Gasteiger partial charge in [0.15, 0.2) is 0 Å². The molecule has 0 N–H and O–H groups in total. The van der Waals surface area contributed by atoms with Crippen molar-refractivity contribution in [3.8, 4) is 17.6 Å². The van der Waals surface area contributed by atoms with Gasteiger partial charge in [-0.1, -0.05) is 43.0 Å². The van der Waals surface area contributed by atoms with Gasteiger partial charge in [-0.2, -0.15) is 5.26 Å². The normalized spacial score (nSPS) is 18.3. The summed E-state index contributed by atoms with van der Waals surface area (Å²) in [4.78, 5) is 0. The SMILES string of the molecule is C=Cc1c(Oc2cccc(C#N)c2)ccc2c1ccn2S(=O)(=O)C1(C)C=CC=CC1. The monoisotopic (exact) mass is 416 g/mol. The quantitative estimate of drug-likeness (QED) is 0.558. The molecule has 1 aromatic heterocycles. The molecule has 1 atom stereocenters. The molecule has 2 aromatic carbocycles. The van der Waals surface area contributed by atoms with Crippen LogP contribution in [-0.4, -0.2) is 17.1 Å². The Morgan fingerprint density at radius 1 is 1.23 bits per heavy atom. The molecule has 0 spiro atoms. The van der Waals surface area contributed by atoms with Crippen LogP contribution in [0.25, 0.3) is 17.0 Å². The molecule has 3 aromatic rings. The number of hydrogen-bond donors (Lipinski definition) is 0. The van der Waals surface area contributed by atoms with Crippen LogP contribution in [0.2, 0.25) is 0 Å². The number of aromatic nitrogens is 1. The number of fused-ring (bicyclic) bond motifs is 1. The molecule has 5 nitrogen and oxygen atoms in total. The number of nitriles is 1. The summed E-state index contributed by atoms with van der Waals surface area (Å²) in [6, 6.07) is 14.2. The van der Waals surface area contributed by atoms with Crippen molar-refractivity contribution in [1.82, 2.24) is 3.97 Å². The minimum Gasteiger partial charge on any atom is -0.457 e. The molecule has 30 heavy (non-hydrogen) atoms. The lowest BCUT2D eigenvalue weighted by Gasteiger charge is -2.27. The van der Waals surface area contributed by atoms with Crippen LogP contribution in [0.1, 0.15) is 24.5 Å². The number of rotatable bonds is 5. The van der Waals surface area contributed by atoms with E-state index in [4.69, 9.17) is 10.00 Å². The predicted molar refractivity (Wildman–Crippen MR) is 119 cm³/mol. The van der Waals surface area contributed by atoms with E-state index in [0.29, 0.717) is 34.6 Å². The molecule has 150 valence electrons. The zero-order chi connectivity index (χ0) is 21.4. The van der Waals surface area contributed by atoms with Gasteiger partial charge in [-0.3, -0.25) is 0 Å². The van der Waals surface area contributed by atoms with Gasteiger partial charge in [0.1, 0.15) is 16.2 Å². The van der Waals surface area contributed by atoms with Crippen molar-refractivity contribution in [2.75, 3.05) is 0 Å². The molecule has 4 rings (SSSR count). The third kappa shape index (κ3) is 3.14. The van der Waals surface area contributed by atoms with Crippen LogP contribution in [0.3, 0.4) is 0 Å². The summed E-state index contributed by atoms with van der Waals surface area (Å²) in [5.74, 6) is 1.06. The van der Waals surface area contributed by atoms with Crippen LogP contribution in [-0.2, 0) is 10.0 Å². The van der Waals surface area contributed by atoms with Crippen molar-refractivity contribution in [3.63, 3.8) is 0 Å². The Hall–Kier alpha value is -3.56. The minimum absolute atomic E-state index is 0.413. The highest BCUT2D eigenvalue weighted by Gasteiger charge is 2.38. The summed E-state index contributed by atoms with van der Waals surface area (Å²) in [6.07, 6.45) is 10.8. The molecule has 0 fully saturated rings. The standard InChI is InChI=1S/C24H20N2O3S/c1-3-20-21-12-15-26(30(27,28)24(2)13-5-4-6-14-24)22(21)10-11-23(20)29-19-9-7-8-18(16-19)17-25/h3-13,15-16H,1,14H2,2H3. The van der Waals surface area contributed by atoms with E-state index in [1.807, 2.05) is 12.2 Å². The first-order valence-corrected chi connectivity index (χ1v) is 10.9. The summed E-state index contributed by atoms with van der Waals surface area (Å²) < 4.78 is 33.1. The molecule has 1 unspecified atom stereocenters. The Labute approximate surface area is 175 Å². The fraction of sp³-hybridized carbons (Fsp3) is 0.125. The van der Waals surface area contributed by atoms with Crippen molar-refractivity contribution in [3.05, 3.63) is 90.7 Å². The van der Waals surface area contributed by atoms with Gasteiger partial charge in [-0.25, -0.2) is 12.4 Å². The first-order valence-electron chi connectivity index (χ1n) is 9.44. The molecule has 0 amide bonds. The molecule has 0 bridgehead atoms. The lowest BCUT2D eigenvalue weighted by Crippen LogP contribution is -2.37. The van der Waals surface area contributed by atoms with Gasteiger partial charge in [0.25, 0.3) is 0 Å². The largest absolute Gasteiger partial charge is 0.457 e. The summed E-state index contributed by atoms with van der Waals surface area (Å²) in [7, 11) is -3.68. The van der Waals surface area contributed by atoms with E-state index < -0.39 is 14.8 Å². The third-order valence-corrected chi connectivity index (χ3v) is 7.62. The fourth-order valence-electron chi connectivity index (χ4n) is 3.58. The van der Waals surface area contributed by atoms with E-state index >= 15 is 0 Å². The second-order valence-electron chi connectivity index (χ2n) is 7.28. The molecule has 1 aliphatic carbocycles. The Balaban J connectivity index is 1.80. The van der Waals surface area contributed by atoms with Crippen molar-refractivity contribution in [1.29, 1.82) is 5.26 Å². The number of nitrogens with zero attached hydrogens (tertiary/aromatic N) is 2. The average molecular weight is 417 g/mol. The van der Waals surface area contributed by atoms with E-state index in [1.165, 1.54) is 3.97 Å². The zero-order valence-corrected chi connectivity index (χ0v) is 17.3. The van der Waals surface area contributed by atoms with Crippen LogP contribution >= 0.6 is 0 Å². The van der Waals surface area contributed by atoms with Gasteiger partial charge >= 0.3 is 0 Å². The van der Waals surface area contributed by atoms with Crippen LogP contribution in [0.15, 0.2) is 79.5 Å². The van der Waals surface area contributed by atoms with E-state index in [2.05, 4.69) is 12.6 Å². The number of benzene rings is 2. The lowest BCUT2D eigenvalue weighted by atomic mass is 10.0. The molecule has 1 heterocycles. The highest BCUT2D eigenvalue weighted by Crippen LogP contribution is 2.36. The van der Waals surface area contributed by atoms with Gasteiger partial charge in [-0.05, 0) is 49.7 Å². The van der Waals surface area contributed by atoms with Crippen LogP contribution in [0.4, 0.5) is 0 Å². The molecule has 0 radical (unpaired) electrons. The number of ether oxygens (including phenoxy) is 1. The van der Waals surface area contributed by atoms with E-state index in [0.717, 1.165) is 5.39 Å². The summed E-state index contributed by atoms with van der Waals surface area (Å²) in [5.41, 5.74) is 1.74. The average Bonchev–Trinajstić information content (AvgIpc) is 3.19. The third-order valence-electron chi connectivity index (χ3n) is 5.30. The van der Waals surface area contributed by atoms with Gasteiger partial charge < -0.3 is 4.74 Å². The molecular weight excluding hydrogens is 396 g/mol. The molecule has 1 aliphatic rings. The van der Waals surface area contributed by atoms with Crippen molar-refractivity contribution in [2.45, 2.75) is 18.1 Å². The lowest BCUT2D eigenvalue weighted by molar-refractivity contribution is 0.482. The minimum atomic E-state index is -3.68. The maximum Gasteiger partial charge on any atom is 0.248 e. The smallest absolute Gasteiger partial charge is 0.248 e. The summed E-state index contributed by atoms with van der Waals surface area (Å²) >= 11 is 0. The first kappa shape index (κ1) is 19.7. The Bertz CT molecular complexity index is 1360. The van der Waals surface area contributed by atoms with E-state index in [1.54, 1.807) is 73.8 Å². The highest BCUT2D eigenvalue weighted by atomic mass is 32.2. The summed E-state index contributed by atoms with van der Waals surface area (Å²) in [5, 5.41) is 9.81. The summed E-state index contributed by atoms with van der Waals surface area (Å²) in [6.45, 7) is 5.61. The Morgan fingerprint density at radius 3 is 2.77 bits per heavy atom. The molecule has 0 saturated carbocycles. The van der Waals surface area contributed by atoms with Gasteiger partial charge in [0.2, 0.25) is 10.0 Å². The molecular formula is C24H20N2O3S. The van der Waals surface area contributed by atoms with Crippen LogP contribution < -0.4 is 4.74 Å². The highest BCUT2D eigenvalue weighted by molar-refractivity contribution is 7.91. The molecule has 0 saturated heterocycles. The van der Waals surface area contributed by atoms with Crippen molar-refractivity contribution >= 4 is 27.0 Å². The number of allylic oxidation sites excluding steroid dienone is 3. The second kappa shape index (κ2) is 7.36. The Kier molecular flexibility index (Phi) is 4.84. The van der Waals surface area contributed by atoms with E-state index in [9.17, 15) is 8.42 Å². The molecule has 0 aliphatic heterocycles. The van der Waals surface area contributed by atoms with Crippen molar-refractivity contribution in [2.24, 2.45) is 0 Å². The second-order valence-corrected chi connectivity index (χ2v) is 9.55. The van der Waals surface area contributed by atoms with Gasteiger partial charge in [0, 0.05) is 17.1 Å². The zero-order valence-electron chi connectivity index (χ0n) is 16.4. The van der Waals surface area contributed by atoms with Crippen LogP contribution in [0, 0.1) is 11.3 Å². The number of hydrogen-bond acceptors (Lipinski definition) is 4. The van der Waals surface area contributed by atoms with Gasteiger partial charge in [0.05, 0.1) is 17.1 Å². The Morgan fingerprint density at radius 2 is 2.07 bits per heavy atom.